The van der Waals surface area contributed by atoms with Crippen LogP contribution in [0, 0.1) is 0 Å². The Kier molecular flexibility index (Phi) is 6.53. The lowest BCUT2D eigenvalue weighted by molar-refractivity contribution is -0.123. The summed E-state index contributed by atoms with van der Waals surface area (Å²) in [7, 11) is 0. The van der Waals surface area contributed by atoms with Crippen molar-refractivity contribution in [3.05, 3.63) is 108 Å². The van der Waals surface area contributed by atoms with E-state index in [1.807, 2.05) is 48.5 Å². The Morgan fingerprint density at radius 2 is 1.53 bits per heavy atom. The van der Waals surface area contributed by atoms with Crippen molar-refractivity contribution in [2.24, 2.45) is 5.10 Å². The Morgan fingerprint density at radius 1 is 0.812 bits per heavy atom. The molecule has 0 spiro atoms. The van der Waals surface area contributed by atoms with E-state index in [1.165, 1.54) is 6.21 Å². The van der Waals surface area contributed by atoms with Crippen molar-refractivity contribution in [1.82, 2.24) is 5.43 Å². The van der Waals surface area contributed by atoms with Crippen molar-refractivity contribution in [1.29, 1.82) is 0 Å². The van der Waals surface area contributed by atoms with Crippen molar-refractivity contribution < 1.29 is 19.1 Å². The zero-order valence-corrected chi connectivity index (χ0v) is 17.1. The number of fused-ring (bicyclic) bond motifs is 1. The van der Waals surface area contributed by atoms with E-state index in [1.54, 1.807) is 48.5 Å². The highest BCUT2D eigenvalue weighted by atomic mass is 16.5. The van der Waals surface area contributed by atoms with E-state index < -0.39 is 5.97 Å². The molecule has 0 heterocycles. The van der Waals surface area contributed by atoms with Crippen molar-refractivity contribution in [2.75, 3.05) is 6.61 Å². The van der Waals surface area contributed by atoms with Gasteiger partial charge in [0.1, 0.15) is 11.5 Å². The average Bonchev–Trinajstić information content (AvgIpc) is 2.84. The molecule has 6 heteroatoms. The maximum atomic E-state index is 12.1. The average molecular weight is 424 g/mol. The number of hydrogen-bond donors (Lipinski definition) is 1. The third-order valence-electron chi connectivity index (χ3n) is 4.61. The molecule has 0 saturated carbocycles. The second kappa shape index (κ2) is 10.0. The van der Waals surface area contributed by atoms with Crippen LogP contribution >= 0.6 is 0 Å². The molecule has 0 aromatic heterocycles. The molecule has 1 amide bonds. The van der Waals surface area contributed by atoms with Crippen LogP contribution in [0.3, 0.4) is 0 Å². The zero-order chi connectivity index (χ0) is 22.2. The lowest BCUT2D eigenvalue weighted by Gasteiger charge is -2.08. The molecule has 4 aromatic rings. The molecular weight excluding hydrogens is 404 g/mol. The smallest absolute Gasteiger partial charge is 0.343 e. The number of hydrazone groups is 1. The van der Waals surface area contributed by atoms with Crippen LogP contribution in [0.2, 0.25) is 0 Å². The second-order valence-electron chi connectivity index (χ2n) is 6.88. The van der Waals surface area contributed by atoms with Gasteiger partial charge in [-0.15, -0.1) is 0 Å². The van der Waals surface area contributed by atoms with Crippen molar-refractivity contribution in [2.45, 2.75) is 0 Å². The molecule has 6 nitrogen and oxygen atoms in total. The summed E-state index contributed by atoms with van der Waals surface area (Å²) >= 11 is 0. The number of hydrogen-bond acceptors (Lipinski definition) is 5. The summed E-state index contributed by atoms with van der Waals surface area (Å²) in [5.74, 6) is 0.263. The summed E-state index contributed by atoms with van der Waals surface area (Å²) in [4.78, 5) is 24.1. The van der Waals surface area contributed by atoms with Crippen molar-refractivity contribution in [3.8, 4) is 11.5 Å². The number of carbonyl (C=O) groups excluding carboxylic acids is 2. The quantitative estimate of drug-likeness (QED) is 0.204. The summed E-state index contributed by atoms with van der Waals surface area (Å²) < 4.78 is 11.0. The summed E-state index contributed by atoms with van der Waals surface area (Å²) in [5.41, 5.74) is 3.65. The Labute approximate surface area is 185 Å². The molecule has 0 fully saturated rings. The fourth-order valence-corrected chi connectivity index (χ4v) is 3.04. The fraction of sp³-hybridized carbons (Fsp3) is 0.0385. The van der Waals surface area contributed by atoms with Gasteiger partial charge < -0.3 is 9.47 Å². The number of esters is 1. The molecule has 158 valence electrons. The topological polar surface area (TPSA) is 77.0 Å². The van der Waals surface area contributed by atoms with Gasteiger partial charge in [-0.25, -0.2) is 10.2 Å². The van der Waals surface area contributed by atoms with Crippen molar-refractivity contribution in [3.63, 3.8) is 0 Å². The monoisotopic (exact) mass is 424 g/mol. The predicted molar refractivity (Wildman–Crippen MR) is 123 cm³/mol. The number of rotatable bonds is 7. The van der Waals surface area contributed by atoms with Gasteiger partial charge in [0.05, 0.1) is 11.8 Å². The molecule has 0 bridgehead atoms. The number of amides is 1. The number of carbonyl (C=O) groups is 2. The molecule has 4 aromatic carbocycles. The van der Waals surface area contributed by atoms with E-state index in [0.717, 1.165) is 16.3 Å². The number of nitrogens with one attached hydrogen (secondary N) is 1. The van der Waals surface area contributed by atoms with E-state index in [9.17, 15) is 9.59 Å². The summed E-state index contributed by atoms with van der Waals surface area (Å²) in [5, 5.41) is 5.93. The Hall–Kier alpha value is -4.45. The van der Waals surface area contributed by atoms with Gasteiger partial charge in [0.2, 0.25) is 0 Å². The lowest BCUT2D eigenvalue weighted by Crippen LogP contribution is -2.24. The summed E-state index contributed by atoms with van der Waals surface area (Å²) in [6, 6.07) is 29.1. The molecule has 0 radical (unpaired) electrons. The molecule has 0 saturated heterocycles. The fourth-order valence-electron chi connectivity index (χ4n) is 3.04. The molecule has 0 atom stereocenters. The minimum Gasteiger partial charge on any atom is -0.483 e. The van der Waals surface area contributed by atoms with Crippen LogP contribution in [-0.4, -0.2) is 24.7 Å². The highest BCUT2D eigenvalue weighted by molar-refractivity contribution is 5.91. The van der Waals surface area contributed by atoms with Gasteiger partial charge in [-0.05, 0) is 53.4 Å². The minimum atomic E-state index is -0.425. The first-order valence-electron chi connectivity index (χ1n) is 9.99. The first-order valence-corrected chi connectivity index (χ1v) is 9.99. The van der Waals surface area contributed by atoms with E-state index in [-0.39, 0.29) is 12.5 Å². The zero-order valence-electron chi connectivity index (χ0n) is 17.1. The molecule has 0 aliphatic heterocycles. The second-order valence-corrected chi connectivity index (χ2v) is 6.88. The summed E-state index contributed by atoms with van der Waals surface area (Å²) in [6.07, 6.45) is 1.50. The predicted octanol–water partition coefficient (Wildman–Crippen LogP) is 4.59. The Morgan fingerprint density at radius 3 is 2.34 bits per heavy atom. The molecule has 0 aliphatic rings. The third-order valence-corrected chi connectivity index (χ3v) is 4.61. The number of ether oxygens (including phenoxy) is 2. The highest BCUT2D eigenvalue weighted by Crippen LogP contribution is 2.24. The highest BCUT2D eigenvalue weighted by Gasteiger charge is 2.07. The van der Waals surface area contributed by atoms with Gasteiger partial charge in [-0.2, -0.15) is 5.10 Å². The van der Waals surface area contributed by atoms with Gasteiger partial charge in [0.25, 0.3) is 5.91 Å². The largest absolute Gasteiger partial charge is 0.483 e. The standard InChI is InChI=1S/C26H20N2O4/c29-25(18-31-24-12-6-10-20-7-4-5-11-23(20)24)28-27-17-19-13-15-22(16-14-19)32-26(30)21-8-2-1-3-9-21/h1-17H,18H2,(H,28,29). The van der Waals surface area contributed by atoms with Crippen LogP contribution in [0.15, 0.2) is 102 Å². The maximum absolute atomic E-state index is 12.1. The Bertz CT molecular complexity index is 1250. The van der Waals surface area contributed by atoms with Crippen LogP contribution in [0.5, 0.6) is 11.5 Å². The normalized spacial score (nSPS) is 10.8. The molecular formula is C26H20N2O4. The lowest BCUT2D eigenvalue weighted by atomic mass is 10.1. The van der Waals surface area contributed by atoms with Crippen LogP contribution in [-0.2, 0) is 4.79 Å². The van der Waals surface area contributed by atoms with Gasteiger partial charge in [0.15, 0.2) is 6.61 Å². The number of nitrogens with zero attached hydrogens (tertiary/aromatic N) is 1. The first-order chi connectivity index (χ1) is 15.7. The van der Waals surface area contributed by atoms with Gasteiger partial charge >= 0.3 is 5.97 Å². The van der Waals surface area contributed by atoms with E-state index in [2.05, 4.69) is 10.5 Å². The molecule has 4 rings (SSSR count). The maximum Gasteiger partial charge on any atom is 0.343 e. The molecule has 1 N–H and O–H groups in total. The third kappa shape index (κ3) is 5.37. The van der Waals surface area contributed by atoms with Crippen molar-refractivity contribution >= 4 is 28.9 Å². The number of benzene rings is 4. The van der Waals surface area contributed by atoms with Crippen LogP contribution in [0.1, 0.15) is 15.9 Å². The molecule has 0 unspecified atom stereocenters. The van der Waals surface area contributed by atoms with E-state index in [0.29, 0.717) is 17.1 Å². The van der Waals surface area contributed by atoms with Crippen LogP contribution in [0.25, 0.3) is 10.8 Å². The van der Waals surface area contributed by atoms with Crippen LogP contribution in [0.4, 0.5) is 0 Å². The van der Waals surface area contributed by atoms with Gasteiger partial charge in [-0.1, -0.05) is 54.6 Å². The first kappa shape index (κ1) is 20.8. The van der Waals surface area contributed by atoms with Gasteiger partial charge in [-0.3, -0.25) is 4.79 Å². The van der Waals surface area contributed by atoms with E-state index >= 15 is 0 Å². The van der Waals surface area contributed by atoms with Gasteiger partial charge in [0, 0.05) is 5.39 Å². The molecule has 0 aliphatic carbocycles. The van der Waals surface area contributed by atoms with Crippen LogP contribution < -0.4 is 14.9 Å². The summed E-state index contributed by atoms with van der Waals surface area (Å²) in [6.45, 7) is -0.153. The minimum absolute atomic E-state index is 0.153. The van der Waals surface area contributed by atoms with E-state index in [4.69, 9.17) is 9.47 Å². The SMILES string of the molecule is O=C(COc1cccc2ccccc12)NN=Cc1ccc(OC(=O)c2ccccc2)cc1. The molecule has 32 heavy (non-hydrogen) atoms. The Balaban J connectivity index is 1.27.